The number of aromatic hydroxyl groups is 1. The molecule has 2 aromatic rings. The second-order valence-corrected chi connectivity index (χ2v) is 4.03. The van der Waals surface area contributed by atoms with E-state index in [0.717, 1.165) is 5.39 Å². The number of H-pyrrole nitrogens is 1. The molecule has 0 bridgehead atoms. The van der Waals surface area contributed by atoms with E-state index >= 15 is 0 Å². The molecule has 2 rings (SSSR count). The third kappa shape index (κ3) is 1.67. The number of para-hydroxylation sites is 1. The van der Waals surface area contributed by atoms with Gasteiger partial charge in [0.2, 0.25) is 0 Å². The molecule has 0 amide bonds. The van der Waals surface area contributed by atoms with E-state index in [1.54, 1.807) is 25.1 Å². The topological polar surface area (TPSA) is 62.3 Å². The first kappa shape index (κ1) is 11.0. The van der Waals surface area contributed by atoms with Gasteiger partial charge in [-0.1, -0.05) is 12.1 Å². The van der Waals surface area contributed by atoms with E-state index in [4.69, 9.17) is 4.74 Å². The van der Waals surface area contributed by atoms with Gasteiger partial charge in [-0.15, -0.1) is 0 Å². The van der Waals surface area contributed by atoms with Gasteiger partial charge in [-0.05, 0) is 28.9 Å². The Morgan fingerprint density at radius 1 is 1.56 bits per heavy atom. The van der Waals surface area contributed by atoms with E-state index in [9.17, 15) is 9.90 Å². The number of ether oxygens (including phenoxy) is 1. The van der Waals surface area contributed by atoms with Crippen LogP contribution in [0, 0.1) is 0 Å². The van der Waals surface area contributed by atoms with Crippen LogP contribution in [0.1, 0.15) is 17.4 Å². The number of aromatic amines is 1. The zero-order chi connectivity index (χ0) is 11.7. The lowest BCUT2D eigenvalue weighted by Crippen LogP contribution is -2.05. The summed E-state index contributed by atoms with van der Waals surface area (Å²) in [4.78, 5) is 14.4. The van der Waals surface area contributed by atoms with Crippen molar-refractivity contribution in [3.05, 3.63) is 28.4 Å². The number of esters is 1. The van der Waals surface area contributed by atoms with Gasteiger partial charge < -0.3 is 14.8 Å². The van der Waals surface area contributed by atoms with Crippen LogP contribution in [-0.4, -0.2) is 22.7 Å². The molecule has 1 aromatic heterocycles. The Morgan fingerprint density at radius 2 is 2.31 bits per heavy atom. The number of rotatable bonds is 2. The van der Waals surface area contributed by atoms with E-state index in [-0.39, 0.29) is 5.75 Å². The molecule has 2 N–H and O–H groups in total. The molecule has 1 heterocycles. The molecule has 0 aliphatic heterocycles. The summed E-state index contributed by atoms with van der Waals surface area (Å²) in [6.45, 7) is 2.05. The molecule has 16 heavy (non-hydrogen) atoms. The highest BCUT2D eigenvalue weighted by molar-refractivity contribution is 9.10. The van der Waals surface area contributed by atoms with Gasteiger partial charge in [-0.25, -0.2) is 4.79 Å². The summed E-state index contributed by atoms with van der Waals surface area (Å²) in [7, 11) is 0. The lowest BCUT2D eigenvalue weighted by Gasteiger charge is -1.98. The van der Waals surface area contributed by atoms with E-state index in [1.807, 2.05) is 0 Å². The molecule has 0 aliphatic rings. The number of phenols is 1. The Kier molecular flexibility index (Phi) is 2.87. The van der Waals surface area contributed by atoms with Crippen LogP contribution >= 0.6 is 15.9 Å². The van der Waals surface area contributed by atoms with Crippen molar-refractivity contribution in [2.24, 2.45) is 0 Å². The predicted octanol–water partition coefficient (Wildman–Crippen LogP) is 2.81. The lowest BCUT2D eigenvalue weighted by atomic mass is 10.2. The van der Waals surface area contributed by atoms with Crippen LogP contribution in [0.4, 0.5) is 0 Å². The third-order valence-corrected chi connectivity index (χ3v) is 3.05. The maximum absolute atomic E-state index is 11.6. The molecular weight excluding hydrogens is 274 g/mol. The first-order chi connectivity index (χ1) is 7.65. The smallest absolute Gasteiger partial charge is 0.355 e. The summed E-state index contributed by atoms with van der Waals surface area (Å²) in [5.41, 5.74) is 0.843. The number of aromatic nitrogens is 1. The number of phenolic OH excluding ortho intramolecular Hbond substituents is 1. The Bertz CT molecular complexity index is 547. The molecule has 0 spiro atoms. The van der Waals surface area contributed by atoms with Crippen molar-refractivity contribution in [1.82, 2.24) is 4.98 Å². The largest absolute Gasteiger partial charge is 0.506 e. The minimum absolute atomic E-state index is 0.105. The molecule has 0 unspecified atom stereocenters. The quantitative estimate of drug-likeness (QED) is 0.833. The van der Waals surface area contributed by atoms with Gasteiger partial charge in [-0.3, -0.25) is 0 Å². The van der Waals surface area contributed by atoms with Crippen molar-refractivity contribution < 1.29 is 14.6 Å². The van der Waals surface area contributed by atoms with Crippen LogP contribution in [0.3, 0.4) is 0 Å². The van der Waals surface area contributed by atoms with Crippen LogP contribution in [0.15, 0.2) is 22.7 Å². The zero-order valence-corrected chi connectivity index (χ0v) is 10.2. The fourth-order valence-electron chi connectivity index (χ4n) is 1.51. The van der Waals surface area contributed by atoms with Gasteiger partial charge in [0.1, 0.15) is 11.4 Å². The van der Waals surface area contributed by atoms with Gasteiger partial charge in [0.15, 0.2) is 0 Å². The van der Waals surface area contributed by atoms with E-state index in [1.165, 1.54) is 0 Å². The number of benzene rings is 1. The van der Waals surface area contributed by atoms with Crippen molar-refractivity contribution in [3.63, 3.8) is 0 Å². The van der Waals surface area contributed by atoms with Crippen LogP contribution in [0.2, 0.25) is 0 Å². The van der Waals surface area contributed by atoms with Crippen LogP contribution in [0.25, 0.3) is 10.9 Å². The van der Waals surface area contributed by atoms with Crippen LogP contribution in [-0.2, 0) is 4.74 Å². The molecule has 5 heteroatoms. The number of hydrogen-bond donors (Lipinski definition) is 2. The molecule has 0 fully saturated rings. The monoisotopic (exact) mass is 283 g/mol. The second kappa shape index (κ2) is 4.17. The van der Waals surface area contributed by atoms with Crippen LogP contribution < -0.4 is 0 Å². The summed E-state index contributed by atoms with van der Waals surface area (Å²) in [5.74, 6) is -0.335. The summed E-state index contributed by atoms with van der Waals surface area (Å²) < 4.78 is 5.50. The Balaban J connectivity index is 2.60. The van der Waals surface area contributed by atoms with E-state index in [2.05, 4.69) is 20.9 Å². The lowest BCUT2D eigenvalue weighted by molar-refractivity contribution is 0.0519. The van der Waals surface area contributed by atoms with Crippen molar-refractivity contribution in [2.75, 3.05) is 6.61 Å². The molecule has 0 saturated carbocycles. The summed E-state index contributed by atoms with van der Waals surface area (Å²) in [6, 6.07) is 5.07. The van der Waals surface area contributed by atoms with Gasteiger partial charge >= 0.3 is 5.97 Å². The highest BCUT2D eigenvalue weighted by Gasteiger charge is 2.18. The van der Waals surface area contributed by atoms with E-state index < -0.39 is 5.97 Å². The normalized spacial score (nSPS) is 10.6. The maximum atomic E-state index is 11.6. The van der Waals surface area contributed by atoms with Gasteiger partial charge in [-0.2, -0.15) is 0 Å². The van der Waals surface area contributed by atoms with Gasteiger partial charge in [0.25, 0.3) is 0 Å². The minimum Gasteiger partial charge on any atom is -0.506 e. The molecule has 0 aliphatic carbocycles. The SMILES string of the molecule is CCOC(=O)c1[nH]c2c(O)cccc2c1Br. The summed E-state index contributed by atoms with van der Waals surface area (Å²) in [6.07, 6.45) is 0. The molecular formula is C11H10BrNO3. The number of hydrogen-bond acceptors (Lipinski definition) is 3. The third-order valence-electron chi connectivity index (χ3n) is 2.23. The minimum atomic E-state index is -0.440. The molecule has 4 nitrogen and oxygen atoms in total. The molecule has 0 saturated heterocycles. The molecule has 0 radical (unpaired) electrons. The van der Waals surface area contributed by atoms with Gasteiger partial charge in [0.05, 0.1) is 16.6 Å². The summed E-state index contributed by atoms with van der Waals surface area (Å²) >= 11 is 3.31. The highest BCUT2D eigenvalue weighted by Crippen LogP contribution is 2.32. The van der Waals surface area contributed by atoms with E-state index in [0.29, 0.717) is 22.3 Å². The Hall–Kier alpha value is -1.49. The number of carbonyl (C=O) groups is 1. The molecule has 0 atom stereocenters. The standard InChI is InChI=1S/C11H10BrNO3/c1-2-16-11(15)10-8(12)6-4-3-5-7(14)9(6)13-10/h3-5,13-14H,2H2,1H3. The van der Waals surface area contributed by atoms with Crippen molar-refractivity contribution in [1.29, 1.82) is 0 Å². The van der Waals surface area contributed by atoms with Gasteiger partial charge in [0, 0.05) is 5.39 Å². The number of nitrogens with one attached hydrogen (secondary N) is 1. The number of halogens is 1. The van der Waals surface area contributed by atoms with Crippen molar-refractivity contribution in [2.45, 2.75) is 6.92 Å². The van der Waals surface area contributed by atoms with Crippen molar-refractivity contribution in [3.8, 4) is 5.75 Å². The highest BCUT2D eigenvalue weighted by atomic mass is 79.9. The first-order valence-electron chi connectivity index (χ1n) is 4.81. The maximum Gasteiger partial charge on any atom is 0.355 e. The number of fused-ring (bicyclic) bond motifs is 1. The zero-order valence-electron chi connectivity index (χ0n) is 8.58. The molecule has 84 valence electrons. The predicted molar refractivity (Wildman–Crippen MR) is 63.6 cm³/mol. The average molecular weight is 284 g/mol. The van der Waals surface area contributed by atoms with Crippen LogP contribution in [0.5, 0.6) is 5.75 Å². The average Bonchev–Trinajstić information content (AvgIpc) is 2.59. The fraction of sp³-hybridized carbons (Fsp3) is 0.182. The fourth-order valence-corrected chi connectivity index (χ4v) is 2.10. The number of carbonyl (C=O) groups excluding carboxylic acids is 1. The van der Waals surface area contributed by atoms with Crippen molar-refractivity contribution >= 4 is 32.8 Å². The first-order valence-corrected chi connectivity index (χ1v) is 5.60. The Morgan fingerprint density at radius 3 is 2.94 bits per heavy atom. The summed E-state index contributed by atoms with van der Waals surface area (Å²) in [5, 5.41) is 10.4. The second-order valence-electron chi connectivity index (χ2n) is 3.23. The Labute approximate surface area is 100 Å². The molecule has 1 aromatic carbocycles.